The number of nitrogen functional groups attached to an aromatic ring is 1. The van der Waals surface area contributed by atoms with Gasteiger partial charge in [-0.1, -0.05) is 22.0 Å². The second-order valence-electron chi connectivity index (χ2n) is 5.38. The number of aromatic nitrogens is 1. The highest BCUT2D eigenvalue weighted by atomic mass is 79.9. The van der Waals surface area contributed by atoms with Gasteiger partial charge in [0.25, 0.3) is 0 Å². The van der Waals surface area contributed by atoms with Crippen LogP contribution in [0.3, 0.4) is 0 Å². The van der Waals surface area contributed by atoms with Gasteiger partial charge >= 0.3 is 0 Å². The Balaban J connectivity index is 1.78. The molecule has 1 aliphatic rings. The van der Waals surface area contributed by atoms with E-state index in [2.05, 4.69) is 26.2 Å². The monoisotopic (exact) mass is 347 g/mol. The van der Waals surface area contributed by atoms with Gasteiger partial charge in [0.05, 0.1) is 12.3 Å². The molecule has 1 aliphatic carbocycles. The molecule has 2 aromatic rings. The van der Waals surface area contributed by atoms with E-state index in [0.717, 1.165) is 21.5 Å². The lowest BCUT2D eigenvalue weighted by atomic mass is 10.2. The number of nitrogens with two attached hydrogens (primary N) is 1. The number of nitrogens with one attached hydrogen (secondary N) is 1. The van der Waals surface area contributed by atoms with E-state index in [1.165, 1.54) is 12.8 Å². The molecule has 1 aromatic heterocycles. The molecule has 3 N–H and O–H groups in total. The fraction of sp³-hybridized carbons (Fsp3) is 0.312. The van der Waals surface area contributed by atoms with Gasteiger partial charge < -0.3 is 15.8 Å². The number of rotatable bonds is 5. The molecule has 0 aliphatic heterocycles. The summed E-state index contributed by atoms with van der Waals surface area (Å²) in [6.07, 6.45) is 2.49. The average Bonchev–Trinajstić information content (AvgIpc) is 3.28. The van der Waals surface area contributed by atoms with Crippen LogP contribution in [-0.2, 0) is 0 Å². The van der Waals surface area contributed by atoms with Crippen LogP contribution in [0.25, 0.3) is 0 Å². The Labute approximate surface area is 132 Å². The summed E-state index contributed by atoms with van der Waals surface area (Å²) in [6, 6.07) is 9.70. The zero-order chi connectivity index (χ0) is 14.8. The summed E-state index contributed by atoms with van der Waals surface area (Å²) in [6.45, 7) is 2.75. The third-order valence-electron chi connectivity index (χ3n) is 3.57. The number of nitrogens with zero attached hydrogens (tertiary/aromatic N) is 1. The second kappa shape index (κ2) is 5.93. The number of hydrogen-bond acceptors (Lipinski definition) is 4. The molecule has 0 amide bonds. The van der Waals surface area contributed by atoms with Crippen molar-refractivity contribution in [1.82, 2.24) is 4.98 Å². The van der Waals surface area contributed by atoms with E-state index in [4.69, 9.17) is 10.5 Å². The van der Waals surface area contributed by atoms with E-state index in [0.29, 0.717) is 24.1 Å². The number of ether oxygens (including phenoxy) is 1. The molecule has 21 heavy (non-hydrogen) atoms. The Morgan fingerprint density at radius 2 is 2.14 bits per heavy atom. The maximum Gasteiger partial charge on any atom is 0.239 e. The minimum absolute atomic E-state index is 0.513. The van der Waals surface area contributed by atoms with Crippen LogP contribution in [-0.4, -0.2) is 11.6 Å². The van der Waals surface area contributed by atoms with E-state index in [-0.39, 0.29) is 0 Å². The molecular formula is C16H18BrN3O. The summed E-state index contributed by atoms with van der Waals surface area (Å²) in [4.78, 5) is 4.46. The lowest BCUT2D eigenvalue weighted by Gasteiger charge is -2.12. The van der Waals surface area contributed by atoms with Crippen molar-refractivity contribution in [1.29, 1.82) is 0 Å². The number of benzene rings is 1. The molecule has 0 radical (unpaired) electrons. The molecule has 4 nitrogen and oxygen atoms in total. The van der Waals surface area contributed by atoms with Gasteiger partial charge in [0, 0.05) is 10.2 Å². The largest absolute Gasteiger partial charge is 0.476 e. The molecule has 1 heterocycles. The maximum absolute atomic E-state index is 5.92. The number of pyridine rings is 1. The molecule has 0 atom stereocenters. The molecule has 3 rings (SSSR count). The minimum Gasteiger partial charge on any atom is -0.476 e. The number of anilines is 3. The van der Waals surface area contributed by atoms with Crippen molar-refractivity contribution in [2.24, 2.45) is 5.92 Å². The zero-order valence-corrected chi connectivity index (χ0v) is 13.5. The van der Waals surface area contributed by atoms with Gasteiger partial charge in [0.2, 0.25) is 5.88 Å². The highest BCUT2D eigenvalue weighted by Gasteiger charge is 2.22. The van der Waals surface area contributed by atoms with Crippen molar-refractivity contribution in [3.8, 4) is 5.88 Å². The van der Waals surface area contributed by atoms with Gasteiger partial charge in [-0.2, -0.15) is 4.98 Å². The normalized spacial score (nSPS) is 14.0. The van der Waals surface area contributed by atoms with Gasteiger partial charge in [0.1, 0.15) is 5.82 Å². The van der Waals surface area contributed by atoms with Gasteiger partial charge in [-0.05, 0) is 55.5 Å². The van der Waals surface area contributed by atoms with Crippen LogP contribution in [0.4, 0.5) is 17.2 Å². The molecule has 110 valence electrons. The van der Waals surface area contributed by atoms with E-state index in [1.54, 1.807) is 0 Å². The zero-order valence-electron chi connectivity index (χ0n) is 11.9. The molecule has 0 spiro atoms. The van der Waals surface area contributed by atoms with Crippen LogP contribution in [0.2, 0.25) is 0 Å². The molecular weight excluding hydrogens is 330 g/mol. The van der Waals surface area contributed by atoms with Crippen LogP contribution in [0.15, 0.2) is 34.8 Å². The Hall–Kier alpha value is -1.75. The van der Waals surface area contributed by atoms with Gasteiger partial charge in [0.15, 0.2) is 0 Å². The van der Waals surface area contributed by atoms with Crippen LogP contribution < -0.4 is 15.8 Å². The standard InChI is InChI=1S/C16H18BrN3O/c1-10-12(17)3-2-4-14(10)19-15-8-7-13(18)16(20-15)21-9-11-5-6-11/h2-4,7-8,11H,5-6,9,18H2,1H3,(H,19,20). The van der Waals surface area contributed by atoms with Crippen molar-refractivity contribution < 1.29 is 4.74 Å². The summed E-state index contributed by atoms with van der Waals surface area (Å²) in [5.41, 5.74) is 8.64. The Kier molecular flexibility index (Phi) is 4.01. The third kappa shape index (κ3) is 3.47. The highest BCUT2D eigenvalue weighted by molar-refractivity contribution is 9.10. The minimum atomic E-state index is 0.513. The Morgan fingerprint density at radius 3 is 2.90 bits per heavy atom. The van der Waals surface area contributed by atoms with Crippen molar-refractivity contribution in [3.05, 3.63) is 40.4 Å². The van der Waals surface area contributed by atoms with E-state index >= 15 is 0 Å². The van der Waals surface area contributed by atoms with Crippen LogP contribution >= 0.6 is 15.9 Å². The second-order valence-corrected chi connectivity index (χ2v) is 6.24. The first kappa shape index (κ1) is 14.2. The summed E-state index contributed by atoms with van der Waals surface area (Å²) < 4.78 is 6.77. The topological polar surface area (TPSA) is 60.2 Å². The molecule has 0 unspecified atom stereocenters. The maximum atomic E-state index is 5.92. The summed E-state index contributed by atoms with van der Waals surface area (Å²) in [5.74, 6) is 1.92. The smallest absolute Gasteiger partial charge is 0.239 e. The van der Waals surface area contributed by atoms with Crippen molar-refractivity contribution in [3.63, 3.8) is 0 Å². The molecule has 0 bridgehead atoms. The number of hydrogen-bond donors (Lipinski definition) is 2. The fourth-order valence-electron chi connectivity index (χ4n) is 2.00. The van der Waals surface area contributed by atoms with Gasteiger partial charge in [-0.25, -0.2) is 0 Å². The highest BCUT2D eigenvalue weighted by Crippen LogP contribution is 2.31. The van der Waals surface area contributed by atoms with Gasteiger partial charge in [-0.15, -0.1) is 0 Å². The lowest BCUT2D eigenvalue weighted by molar-refractivity contribution is 0.290. The Bertz CT molecular complexity index is 656. The predicted octanol–water partition coefficient (Wildman–Crippen LogP) is 4.27. The molecule has 1 saturated carbocycles. The first-order valence-corrected chi connectivity index (χ1v) is 7.84. The SMILES string of the molecule is Cc1c(Br)cccc1Nc1ccc(N)c(OCC2CC2)n1. The van der Waals surface area contributed by atoms with E-state index in [1.807, 2.05) is 37.3 Å². The van der Waals surface area contributed by atoms with Crippen LogP contribution in [0, 0.1) is 12.8 Å². The summed E-state index contributed by atoms with van der Waals surface area (Å²) >= 11 is 3.53. The van der Waals surface area contributed by atoms with E-state index in [9.17, 15) is 0 Å². The quantitative estimate of drug-likeness (QED) is 0.847. The molecule has 5 heteroatoms. The van der Waals surface area contributed by atoms with Crippen molar-refractivity contribution >= 4 is 33.1 Å². The van der Waals surface area contributed by atoms with Crippen molar-refractivity contribution in [2.75, 3.05) is 17.7 Å². The number of halogens is 1. The van der Waals surface area contributed by atoms with Crippen LogP contribution in [0.1, 0.15) is 18.4 Å². The summed E-state index contributed by atoms with van der Waals surface area (Å²) in [5, 5.41) is 3.31. The van der Waals surface area contributed by atoms with Crippen LogP contribution in [0.5, 0.6) is 5.88 Å². The molecule has 0 saturated heterocycles. The Morgan fingerprint density at radius 1 is 1.33 bits per heavy atom. The fourth-order valence-corrected chi connectivity index (χ4v) is 2.36. The predicted molar refractivity (Wildman–Crippen MR) is 89.0 cm³/mol. The third-order valence-corrected chi connectivity index (χ3v) is 4.43. The molecule has 1 aromatic carbocycles. The average molecular weight is 348 g/mol. The summed E-state index contributed by atoms with van der Waals surface area (Å²) in [7, 11) is 0. The first-order chi connectivity index (χ1) is 10.1. The first-order valence-electron chi connectivity index (χ1n) is 7.05. The van der Waals surface area contributed by atoms with Gasteiger partial charge in [-0.3, -0.25) is 0 Å². The lowest BCUT2D eigenvalue weighted by Crippen LogP contribution is -2.05. The van der Waals surface area contributed by atoms with Crippen molar-refractivity contribution in [2.45, 2.75) is 19.8 Å². The van der Waals surface area contributed by atoms with E-state index < -0.39 is 0 Å². The molecule has 1 fully saturated rings.